The summed E-state index contributed by atoms with van der Waals surface area (Å²) in [5, 5.41) is 8.59. The SMILES string of the molecule is CNc1nccc(N2CC[C@H](NC(=O)Nc3ccc(CN(C)C(F)(F)F)c(C)c3)C2)n1. The van der Waals surface area contributed by atoms with Gasteiger partial charge in [0.15, 0.2) is 0 Å². The summed E-state index contributed by atoms with van der Waals surface area (Å²) in [6.07, 6.45) is -1.94. The number of nitrogens with zero attached hydrogens (tertiary/aromatic N) is 4. The van der Waals surface area contributed by atoms with Crippen molar-refractivity contribution >= 4 is 23.5 Å². The third-order valence-electron chi connectivity index (χ3n) is 5.15. The fraction of sp³-hybridized carbons (Fsp3) is 0.450. The van der Waals surface area contributed by atoms with Gasteiger partial charge in [0.1, 0.15) is 5.82 Å². The maximum absolute atomic E-state index is 12.7. The van der Waals surface area contributed by atoms with Gasteiger partial charge in [0, 0.05) is 44.6 Å². The average Bonchev–Trinajstić information content (AvgIpc) is 3.17. The van der Waals surface area contributed by atoms with Gasteiger partial charge in [0.2, 0.25) is 5.95 Å². The van der Waals surface area contributed by atoms with Crippen molar-refractivity contribution in [2.24, 2.45) is 0 Å². The molecule has 0 aliphatic carbocycles. The van der Waals surface area contributed by atoms with Crippen LogP contribution in [0.2, 0.25) is 0 Å². The zero-order valence-electron chi connectivity index (χ0n) is 17.6. The number of carbonyl (C=O) groups excluding carboxylic acids is 1. The number of hydrogen-bond acceptors (Lipinski definition) is 6. The summed E-state index contributed by atoms with van der Waals surface area (Å²) in [5.74, 6) is 1.32. The summed E-state index contributed by atoms with van der Waals surface area (Å²) in [4.78, 5) is 23.3. The van der Waals surface area contributed by atoms with Gasteiger partial charge in [0.25, 0.3) is 0 Å². The summed E-state index contributed by atoms with van der Waals surface area (Å²) in [6.45, 7) is 2.84. The molecule has 1 aromatic heterocycles. The third-order valence-corrected chi connectivity index (χ3v) is 5.15. The molecule has 1 aliphatic rings. The van der Waals surface area contributed by atoms with Crippen LogP contribution in [0.3, 0.4) is 0 Å². The molecular weight excluding hydrogens is 411 g/mol. The van der Waals surface area contributed by atoms with Crippen LogP contribution in [-0.4, -0.2) is 60.4 Å². The third kappa shape index (κ3) is 5.97. The number of hydrogen-bond donors (Lipinski definition) is 3. The number of urea groups is 1. The first-order chi connectivity index (χ1) is 14.7. The molecule has 1 aromatic carbocycles. The molecule has 2 aromatic rings. The molecule has 2 heterocycles. The van der Waals surface area contributed by atoms with E-state index in [4.69, 9.17) is 0 Å². The fourth-order valence-electron chi connectivity index (χ4n) is 3.38. The van der Waals surface area contributed by atoms with E-state index in [0.717, 1.165) is 25.8 Å². The highest BCUT2D eigenvalue weighted by Crippen LogP contribution is 2.24. The number of halogens is 3. The Hall–Kier alpha value is -3.08. The Morgan fingerprint density at radius 3 is 2.77 bits per heavy atom. The van der Waals surface area contributed by atoms with Gasteiger partial charge in [-0.25, -0.2) is 14.7 Å². The number of rotatable bonds is 6. The van der Waals surface area contributed by atoms with Crippen LogP contribution in [0.4, 0.5) is 35.4 Å². The van der Waals surface area contributed by atoms with Gasteiger partial charge in [-0.3, -0.25) is 0 Å². The topological polar surface area (TPSA) is 85.4 Å². The zero-order valence-corrected chi connectivity index (χ0v) is 17.6. The van der Waals surface area contributed by atoms with Crippen molar-refractivity contribution in [2.45, 2.75) is 32.2 Å². The lowest BCUT2D eigenvalue weighted by Crippen LogP contribution is -2.39. The second-order valence-corrected chi connectivity index (χ2v) is 7.48. The number of aryl methyl sites for hydroxylation is 1. The van der Waals surface area contributed by atoms with Crippen molar-refractivity contribution in [3.05, 3.63) is 41.6 Å². The number of nitrogens with one attached hydrogen (secondary N) is 3. The van der Waals surface area contributed by atoms with Crippen LogP contribution in [0.5, 0.6) is 0 Å². The zero-order chi connectivity index (χ0) is 22.6. The Balaban J connectivity index is 1.53. The number of carbonyl (C=O) groups is 1. The van der Waals surface area contributed by atoms with E-state index in [1.54, 1.807) is 38.4 Å². The Morgan fingerprint density at radius 2 is 2.10 bits per heavy atom. The normalized spacial score (nSPS) is 16.5. The quantitative estimate of drug-likeness (QED) is 0.602. The highest BCUT2D eigenvalue weighted by molar-refractivity contribution is 5.89. The molecule has 1 fully saturated rings. The molecule has 2 amide bonds. The molecule has 3 N–H and O–H groups in total. The number of amides is 2. The maximum atomic E-state index is 12.7. The van der Waals surface area contributed by atoms with Crippen LogP contribution < -0.4 is 20.9 Å². The molecule has 0 radical (unpaired) electrons. The second-order valence-electron chi connectivity index (χ2n) is 7.48. The highest BCUT2D eigenvalue weighted by Gasteiger charge is 2.34. The van der Waals surface area contributed by atoms with E-state index < -0.39 is 6.30 Å². The number of alkyl halides is 3. The molecule has 1 saturated heterocycles. The summed E-state index contributed by atoms with van der Waals surface area (Å²) in [7, 11) is 2.76. The predicted octanol–water partition coefficient (Wildman–Crippen LogP) is 3.18. The first-order valence-electron chi connectivity index (χ1n) is 9.86. The van der Waals surface area contributed by atoms with Gasteiger partial charge >= 0.3 is 12.3 Å². The number of benzene rings is 1. The van der Waals surface area contributed by atoms with E-state index in [0.29, 0.717) is 34.2 Å². The molecule has 31 heavy (non-hydrogen) atoms. The number of anilines is 3. The largest absolute Gasteiger partial charge is 0.459 e. The summed E-state index contributed by atoms with van der Waals surface area (Å²) >= 11 is 0. The van der Waals surface area contributed by atoms with Crippen molar-refractivity contribution in [1.82, 2.24) is 20.2 Å². The standard InChI is InChI=1S/C20H26F3N7O/c1-13-10-15(5-4-14(13)11-29(3)20(21,22)23)26-19(31)27-16-7-9-30(12-16)17-6-8-25-18(24-2)28-17/h4-6,8,10,16H,7,9,11-12H2,1-3H3,(H,24,25,28)(H2,26,27,31)/t16-/m0/s1. The average molecular weight is 437 g/mol. The lowest BCUT2D eigenvalue weighted by atomic mass is 10.1. The van der Waals surface area contributed by atoms with Crippen LogP contribution in [0.1, 0.15) is 17.5 Å². The van der Waals surface area contributed by atoms with E-state index in [2.05, 4.69) is 30.8 Å². The molecule has 11 heteroatoms. The first-order valence-corrected chi connectivity index (χ1v) is 9.86. The highest BCUT2D eigenvalue weighted by atomic mass is 19.4. The van der Waals surface area contributed by atoms with Crippen molar-refractivity contribution in [3.63, 3.8) is 0 Å². The lowest BCUT2D eigenvalue weighted by Gasteiger charge is -2.21. The molecule has 0 saturated carbocycles. The van der Waals surface area contributed by atoms with Crippen LogP contribution in [0.15, 0.2) is 30.5 Å². The first kappa shape index (κ1) is 22.6. The smallest absolute Gasteiger partial charge is 0.357 e. The van der Waals surface area contributed by atoms with Crippen LogP contribution in [0, 0.1) is 6.92 Å². The van der Waals surface area contributed by atoms with Crippen molar-refractivity contribution in [2.75, 3.05) is 42.7 Å². The Morgan fingerprint density at radius 1 is 1.32 bits per heavy atom. The van der Waals surface area contributed by atoms with E-state index >= 15 is 0 Å². The van der Waals surface area contributed by atoms with Gasteiger partial charge in [0.05, 0.1) is 0 Å². The summed E-state index contributed by atoms with van der Waals surface area (Å²) in [6, 6.07) is 6.29. The molecule has 0 bridgehead atoms. The van der Waals surface area contributed by atoms with Crippen molar-refractivity contribution in [3.8, 4) is 0 Å². The summed E-state index contributed by atoms with van der Waals surface area (Å²) in [5.41, 5.74) is 1.74. The van der Waals surface area contributed by atoms with E-state index in [9.17, 15) is 18.0 Å². The van der Waals surface area contributed by atoms with Gasteiger partial charge in [-0.1, -0.05) is 6.07 Å². The molecule has 3 rings (SSSR count). The Labute approximate surface area is 178 Å². The predicted molar refractivity (Wildman–Crippen MR) is 113 cm³/mol. The molecular formula is C20H26F3N7O. The monoisotopic (exact) mass is 437 g/mol. The minimum absolute atomic E-state index is 0.0474. The van der Waals surface area contributed by atoms with E-state index in [-0.39, 0.29) is 18.6 Å². The van der Waals surface area contributed by atoms with Gasteiger partial charge in [-0.05, 0) is 49.7 Å². The minimum Gasteiger partial charge on any atom is -0.357 e. The summed E-state index contributed by atoms with van der Waals surface area (Å²) < 4.78 is 38.2. The minimum atomic E-state index is -4.39. The fourth-order valence-corrected chi connectivity index (χ4v) is 3.38. The molecule has 0 spiro atoms. The van der Waals surface area contributed by atoms with Crippen molar-refractivity contribution < 1.29 is 18.0 Å². The van der Waals surface area contributed by atoms with Crippen molar-refractivity contribution in [1.29, 1.82) is 0 Å². The van der Waals surface area contributed by atoms with Gasteiger partial charge < -0.3 is 20.9 Å². The second kappa shape index (κ2) is 9.38. The van der Waals surface area contributed by atoms with E-state index in [1.807, 2.05) is 6.07 Å². The molecule has 8 nitrogen and oxygen atoms in total. The van der Waals surface area contributed by atoms with Crippen LogP contribution >= 0.6 is 0 Å². The Bertz CT molecular complexity index is 922. The maximum Gasteiger partial charge on any atom is 0.459 e. The Kier molecular flexibility index (Phi) is 6.84. The van der Waals surface area contributed by atoms with Gasteiger partial charge in [-0.15, -0.1) is 0 Å². The van der Waals surface area contributed by atoms with Crippen LogP contribution in [-0.2, 0) is 6.54 Å². The number of aromatic nitrogens is 2. The molecule has 1 atom stereocenters. The molecule has 168 valence electrons. The van der Waals surface area contributed by atoms with E-state index in [1.165, 1.54) is 0 Å². The molecule has 0 unspecified atom stereocenters. The lowest BCUT2D eigenvalue weighted by molar-refractivity contribution is -0.240. The molecule has 1 aliphatic heterocycles. The van der Waals surface area contributed by atoms with Gasteiger partial charge in [-0.2, -0.15) is 18.2 Å². The van der Waals surface area contributed by atoms with Crippen LogP contribution in [0.25, 0.3) is 0 Å².